The molecule has 0 N–H and O–H groups in total. The molecule has 0 spiro atoms. The minimum Gasteiger partial charge on any atom is -0.462 e. The van der Waals surface area contributed by atoms with Crippen LogP contribution in [0.4, 0.5) is 0 Å². The van der Waals surface area contributed by atoms with E-state index in [2.05, 4.69) is 148 Å². The summed E-state index contributed by atoms with van der Waals surface area (Å²) < 4.78 is 17.1. The highest BCUT2D eigenvalue weighted by Gasteiger charge is 2.17. The first-order chi connectivity index (χ1) is 29.6. The summed E-state index contributed by atoms with van der Waals surface area (Å²) in [5.74, 6) is -0.548. The lowest BCUT2D eigenvalue weighted by atomic mass is 10.1. The Bertz CT molecular complexity index is 1300. The highest BCUT2D eigenvalue weighted by Crippen LogP contribution is 2.10. The van der Waals surface area contributed by atoms with Crippen LogP contribution in [0.1, 0.15) is 175 Å². The Morgan fingerprint density at radius 3 is 1.25 bits per heavy atom. The van der Waals surface area contributed by atoms with Crippen molar-refractivity contribution in [1.29, 1.82) is 0 Å². The zero-order valence-corrected chi connectivity index (χ0v) is 38.4. The fraction of sp³-hybridized carbons (Fsp3) is 0.564. The van der Waals surface area contributed by atoms with Crippen molar-refractivity contribution in [2.24, 2.45) is 0 Å². The Labute approximate surface area is 369 Å². The number of esters is 2. The molecule has 0 aromatic heterocycles. The zero-order chi connectivity index (χ0) is 43.5. The summed E-state index contributed by atoms with van der Waals surface area (Å²) in [6.45, 7) is 7.41. The molecule has 60 heavy (non-hydrogen) atoms. The van der Waals surface area contributed by atoms with Gasteiger partial charge >= 0.3 is 11.9 Å². The molecule has 336 valence electrons. The molecule has 0 aromatic rings. The molecule has 1 unspecified atom stereocenters. The Morgan fingerprint density at radius 2 is 0.783 bits per heavy atom. The Hall–Kier alpha value is -3.96. The number of carbonyl (C=O) groups excluding carboxylic acids is 2. The molecule has 0 amide bonds. The van der Waals surface area contributed by atoms with Crippen LogP contribution in [0.5, 0.6) is 0 Å². The van der Waals surface area contributed by atoms with Crippen LogP contribution in [0.25, 0.3) is 0 Å². The van der Waals surface area contributed by atoms with Crippen LogP contribution in [0.3, 0.4) is 0 Å². The minimum absolute atomic E-state index is 0.0227. The standard InChI is InChI=1S/C55H86O5/c1-4-7-10-13-16-18-20-22-24-26-28-30-32-34-36-38-40-42-45-48-54(56)59-52-53(51-58-50-47-44-15-12-9-6-3)60-55(57)49-46-43-41-39-37-35-33-31-29-27-25-23-21-19-17-14-11-8-5-2/h7-8,10-11,16-19,22-25,28-31,34-37,40,42,53H,4-6,9,12-15,20-21,26-27,32-33,38-39,41,43-52H2,1-3H3/b10-7-,11-8-,18-16-,19-17-,24-22-,25-23-,30-28-,31-29-,36-34-,37-35-,42-40-. The Morgan fingerprint density at radius 1 is 0.383 bits per heavy atom. The topological polar surface area (TPSA) is 61.8 Å². The molecule has 0 heterocycles. The second kappa shape index (κ2) is 49.4. The number of allylic oxidation sites excluding steroid dienone is 22. The van der Waals surface area contributed by atoms with Gasteiger partial charge in [0, 0.05) is 19.4 Å². The van der Waals surface area contributed by atoms with Crippen LogP contribution >= 0.6 is 0 Å². The first kappa shape index (κ1) is 56.0. The zero-order valence-electron chi connectivity index (χ0n) is 38.4. The van der Waals surface area contributed by atoms with Crippen LogP contribution in [0, 0.1) is 0 Å². The highest BCUT2D eigenvalue weighted by molar-refractivity contribution is 5.70. The minimum atomic E-state index is -0.589. The number of unbranched alkanes of at least 4 members (excludes halogenated alkanes) is 8. The quantitative estimate of drug-likeness (QED) is 0.0349. The van der Waals surface area contributed by atoms with Gasteiger partial charge in [-0.05, 0) is 103 Å². The van der Waals surface area contributed by atoms with Gasteiger partial charge in [0.1, 0.15) is 6.61 Å². The second-order valence-corrected chi connectivity index (χ2v) is 14.9. The summed E-state index contributed by atoms with van der Waals surface area (Å²) in [7, 11) is 0. The average Bonchev–Trinajstić information content (AvgIpc) is 3.25. The van der Waals surface area contributed by atoms with Crippen LogP contribution in [0.2, 0.25) is 0 Å². The van der Waals surface area contributed by atoms with E-state index in [0.29, 0.717) is 25.9 Å². The summed E-state index contributed by atoms with van der Waals surface area (Å²) in [5.41, 5.74) is 0. The van der Waals surface area contributed by atoms with E-state index >= 15 is 0 Å². The van der Waals surface area contributed by atoms with Gasteiger partial charge in [-0.3, -0.25) is 9.59 Å². The first-order valence-corrected chi connectivity index (χ1v) is 23.7. The van der Waals surface area contributed by atoms with Gasteiger partial charge in [-0.15, -0.1) is 0 Å². The maximum absolute atomic E-state index is 12.7. The third-order valence-corrected chi connectivity index (χ3v) is 9.20. The molecule has 5 nitrogen and oxygen atoms in total. The van der Waals surface area contributed by atoms with Crippen molar-refractivity contribution in [1.82, 2.24) is 0 Å². The molecule has 0 radical (unpaired) electrons. The molecule has 0 rings (SSSR count). The van der Waals surface area contributed by atoms with Gasteiger partial charge in [0.15, 0.2) is 6.10 Å². The SMILES string of the molecule is CC/C=C\C/C=C\C/C=C\C/C=C\C/C=C\C/C=C\CCC(=O)OCC(COCCCCCCCC)OC(=O)CCCCC/C=C\C/C=C\C/C=C\C/C=C\C/C=C\CC. The van der Waals surface area contributed by atoms with E-state index in [1.165, 1.54) is 25.7 Å². The molecule has 0 saturated carbocycles. The second-order valence-electron chi connectivity index (χ2n) is 14.9. The first-order valence-electron chi connectivity index (χ1n) is 23.7. The Balaban J connectivity index is 4.33. The van der Waals surface area contributed by atoms with Crippen molar-refractivity contribution in [3.05, 3.63) is 134 Å². The van der Waals surface area contributed by atoms with Crippen molar-refractivity contribution in [2.45, 2.75) is 181 Å². The van der Waals surface area contributed by atoms with Crippen molar-refractivity contribution >= 4 is 11.9 Å². The summed E-state index contributed by atoms with van der Waals surface area (Å²) in [6.07, 6.45) is 70.5. The van der Waals surface area contributed by atoms with E-state index in [9.17, 15) is 9.59 Å². The van der Waals surface area contributed by atoms with Gasteiger partial charge in [0.05, 0.1) is 6.61 Å². The predicted molar refractivity (Wildman–Crippen MR) is 260 cm³/mol. The summed E-state index contributed by atoms with van der Waals surface area (Å²) >= 11 is 0. The molecular weight excluding hydrogens is 741 g/mol. The normalized spacial score (nSPS) is 13.4. The van der Waals surface area contributed by atoms with Gasteiger partial charge in [-0.2, -0.15) is 0 Å². The smallest absolute Gasteiger partial charge is 0.306 e. The molecule has 1 atom stereocenters. The van der Waals surface area contributed by atoms with Crippen molar-refractivity contribution in [3.8, 4) is 0 Å². The van der Waals surface area contributed by atoms with E-state index in [1.807, 2.05) is 6.08 Å². The molecule has 0 bridgehead atoms. The monoisotopic (exact) mass is 827 g/mol. The van der Waals surface area contributed by atoms with Gasteiger partial charge in [0.25, 0.3) is 0 Å². The van der Waals surface area contributed by atoms with E-state index in [4.69, 9.17) is 14.2 Å². The van der Waals surface area contributed by atoms with Crippen molar-refractivity contribution in [2.75, 3.05) is 19.8 Å². The number of hydrogen-bond donors (Lipinski definition) is 0. The van der Waals surface area contributed by atoms with Gasteiger partial charge < -0.3 is 14.2 Å². The molecule has 0 aliphatic rings. The molecule has 5 heteroatoms. The number of carbonyl (C=O) groups is 2. The van der Waals surface area contributed by atoms with Crippen LogP contribution < -0.4 is 0 Å². The summed E-state index contributed by atoms with van der Waals surface area (Å²) in [5, 5.41) is 0. The fourth-order valence-electron chi connectivity index (χ4n) is 5.74. The maximum atomic E-state index is 12.7. The van der Waals surface area contributed by atoms with Gasteiger partial charge in [0.2, 0.25) is 0 Å². The largest absolute Gasteiger partial charge is 0.462 e. The number of hydrogen-bond acceptors (Lipinski definition) is 5. The summed E-state index contributed by atoms with van der Waals surface area (Å²) in [6, 6.07) is 0. The average molecular weight is 827 g/mol. The van der Waals surface area contributed by atoms with Crippen LogP contribution in [-0.2, 0) is 23.8 Å². The van der Waals surface area contributed by atoms with Crippen molar-refractivity contribution in [3.63, 3.8) is 0 Å². The lowest BCUT2D eigenvalue weighted by Gasteiger charge is -2.18. The maximum Gasteiger partial charge on any atom is 0.306 e. The van der Waals surface area contributed by atoms with Crippen LogP contribution in [0.15, 0.2) is 134 Å². The number of ether oxygens (including phenoxy) is 3. The van der Waals surface area contributed by atoms with E-state index in [-0.39, 0.29) is 25.2 Å². The van der Waals surface area contributed by atoms with E-state index in [1.54, 1.807) is 0 Å². The molecule has 0 saturated heterocycles. The highest BCUT2D eigenvalue weighted by atomic mass is 16.6. The molecule has 0 aliphatic carbocycles. The Kier molecular flexibility index (Phi) is 46.1. The third-order valence-electron chi connectivity index (χ3n) is 9.20. The molecule has 0 aliphatic heterocycles. The summed E-state index contributed by atoms with van der Waals surface area (Å²) in [4.78, 5) is 25.2. The molecule has 0 aromatic carbocycles. The van der Waals surface area contributed by atoms with Gasteiger partial charge in [-0.25, -0.2) is 0 Å². The number of rotatable bonds is 41. The van der Waals surface area contributed by atoms with E-state index in [0.717, 1.165) is 109 Å². The third kappa shape index (κ3) is 46.7. The lowest BCUT2D eigenvalue weighted by molar-refractivity contribution is -0.162. The predicted octanol–water partition coefficient (Wildman–Crippen LogP) is 16.0. The van der Waals surface area contributed by atoms with Gasteiger partial charge in [-0.1, -0.05) is 193 Å². The fourth-order valence-corrected chi connectivity index (χ4v) is 5.74. The molecular formula is C55H86O5. The lowest BCUT2D eigenvalue weighted by Crippen LogP contribution is -2.30. The van der Waals surface area contributed by atoms with E-state index < -0.39 is 6.10 Å². The van der Waals surface area contributed by atoms with Crippen LogP contribution in [-0.4, -0.2) is 37.9 Å². The van der Waals surface area contributed by atoms with Crippen molar-refractivity contribution < 1.29 is 23.8 Å². The molecule has 0 fully saturated rings.